The second-order valence-corrected chi connectivity index (χ2v) is 11.5. The minimum atomic E-state index is -0.383. The van der Waals surface area contributed by atoms with Crippen molar-refractivity contribution in [3.05, 3.63) is 93.5 Å². The number of benzene rings is 3. The number of anilines is 1. The normalized spacial score (nSPS) is 15.1. The van der Waals surface area contributed by atoms with Crippen LogP contribution in [0.1, 0.15) is 65.0 Å². The first-order chi connectivity index (χ1) is 19.8. The van der Waals surface area contributed by atoms with Gasteiger partial charge in [-0.05, 0) is 66.3 Å². The molecule has 3 aromatic rings. The van der Waals surface area contributed by atoms with Crippen LogP contribution in [0.2, 0.25) is 10.0 Å². The van der Waals surface area contributed by atoms with E-state index in [-0.39, 0.29) is 34.5 Å². The van der Waals surface area contributed by atoms with E-state index in [1.165, 1.54) is 18.2 Å². The fourth-order valence-corrected chi connectivity index (χ4v) is 3.86. The van der Waals surface area contributed by atoms with Crippen molar-refractivity contribution in [2.24, 2.45) is 5.41 Å². The molecule has 1 aliphatic heterocycles. The van der Waals surface area contributed by atoms with E-state index in [4.69, 9.17) is 33.2 Å². The van der Waals surface area contributed by atoms with Crippen molar-refractivity contribution < 1.29 is 18.3 Å². The minimum absolute atomic E-state index is 0.0621. The van der Waals surface area contributed by atoms with Crippen LogP contribution in [0.3, 0.4) is 0 Å². The number of rotatable bonds is 4. The van der Waals surface area contributed by atoms with E-state index < -0.39 is 0 Å². The van der Waals surface area contributed by atoms with Crippen LogP contribution in [-0.2, 0) is 4.79 Å². The first-order valence-corrected chi connectivity index (χ1v) is 14.3. The van der Waals surface area contributed by atoms with Crippen molar-refractivity contribution in [1.29, 1.82) is 5.26 Å². The summed E-state index contributed by atoms with van der Waals surface area (Å²) in [6.45, 7) is 18.7. The molecule has 0 unspecified atom stereocenters. The molecule has 0 bridgehead atoms. The zero-order chi connectivity index (χ0) is 32.5. The molecule has 1 fully saturated rings. The Bertz CT molecular complexity index is 1240. The van der Waals surface area contributed by atoms with E-state index >= 15 is 0 Å². The Balaban J connectivity index is 0.000000812. The predicted octanol–water partition coefficient (Wildman–Crippen LogP) is 9.58. The molecule has 3 aromatic carbocycles. The Hall–Kier alpha value is -3.18. The Kier molecular flexibility index (Phi) is 18.3. The van der Waals surface area contributed by atoms with Crippen LogP contribution in [0.4, 0.5) is 14.5 Å². The molecule has 2 N–H and O–H groups in total. The van der Waals surface area contributed by atoms with Gasteiger partial charge in [-0.2, -0.15) is 0 Å². The van der Waals surface area contributed by atoms with Crippen molar-refractivity contribution in [2.75, 3.05) is 19.0 Å². The van der Waals surface area contributed by atoms with Gasteiger partial charge in [-0.25, -0.2) is 14.0 Å². The number of carbonyl (C=O) groups is 1. The van der Waals surface area contributed by atoms with Crippen molar-refractivity contribution in [3.8, 4) is 12.3 Å². The third kappa shape index (κ3) is 14.6. The smallest absolute Gasteiger partial charge is 0.241 e. The molecule has 0 aromatic heterocycles. The van der Waals surface area contributed by atoms with E-state index in [1.54, 1.807) is 31.4 Å². The SMILES string of the molecule is C#N.CC.CC(C)(C)C.COc1cc(C)ccc1NC(=O)[C@@H]1C[C@H](c2ccc(Cl)cc2F)CN1.Fc1ccccc1Cl. The van der Waals surface area contributed by atoms with Crippen LogP contribution >= 0.6 is 23.2 Å². The second kappa shape index (κ2) is 19.9. The van der Waals surface area contributed by atoms with Crippen LogP contribution in [0.5, 0.6) is 5.75 Å². The van der Waals surface area contributed by atoms with Crippen molar-refractivity contribution in [3.63, 3.8) is 0 Å². The molecule has 0 aliphatic carbocycles. The number of carbonyl (C=O) groups excluding carboxylic acids is 1. The average molecular weight is 623 g/mol. The maximum absolute atomic E-state index is 14.1. The number of nitrogens with zero attached hydrogens (tertiary/aromatic N) is 1. The van der Waals surface area contributed by atoms with Crippen molar-refractivity contribution >= 4 is 34.8 Å². The van der Waals surface area contributed by atoms with E-state index in [0.29, 0.717) is 40.4 Å². The average Bonchev–Trinajstić information content (AvgIpc) is 3.43. The Morgan fingerprint density at radius 1 is 1.00 bits per heavy atom. The molecule has 2 atom stereocenters. The third-order valence-corrected chi connectivity index (χ3v) is 5.83. The molecule has 4 rings (SSSR count). The number of amides is 1. The lowest BCUT2D eigenvalue weighted by atomic mass is 9.95. The van der Waals surface area contributed by atoms with Crippen LogP contribution in [-0.4, -0.2) is 25.6 Å². The van der Waals surface area contributed by atoms with E-state index in [2.05, 4.69) is 44.9 Å². The molecule has 1 amide bonds. The van der Waals surface area contributed by atoms with Gasteiger partial charge < -0.3 is 15.4 Å². The summed E-state index contributed by atoms with van der Waals surface area (Å²) in [4.78, 5) is 12.5. The second-order valence-electron chi connectivity index (χ2n) is 10.7. The topological polar surface area (TPSA) is 74.1 Å². The van der Waals surface area contributed by atoms with Crippen LogP contribution < -0.4 is 15.4 Å². The molecular formula is C33H43Cl2F2N3O2. The molecule has 5 nitrogen and oxygen atoms in total. The quantitative estimate of drug-likeness (QED) is 0.304. The zero-order valence-corrected chi connectivity index (χ0v) is 27.2. The van der Waals surface area contributed by atoms with E-state index in [1.807, 2.05) is 39.0 Å². The predicted molar refractivity (Wildman–Crippen MR) is 171 cm³/mol. The number of ether oxygens (including phenoxy) is 1. The van der Waals surface area contributed by atoms with E-state index in [0.717, 1.165) is 5.56 Å². The Labute approximate surface area is 260 Å². The molecule has 0 radical (unpaired) electrons. The zero-order valence-electron chi connectivity index (χ0n) is 25.7. The highest BCUT2D eigenvalue weighted by Crippen LogP contribution is 2.31. The third-order valence-electron chi connectivity index (χ3n) is 5.29. The van der Waals surface area contributed by atoms with E-state index in [9.17, 15) is 13.6 Å². The highest BCUT2D eigenvalue weighted by molar-refractivity contribution is 6.30. The molecule has 230 valence electrons. The number of methoxy groups -OCH3 is 1. The Morgan fingerprint density at radius 3 is 2.10 bits per heavy atom. The summed E-state index contributed by atoms with van der Waals surface area (Å²) in [6, 6.07) is 16.0. The lowest BCUT2D eigenvalue weighted by molar-refractivity contribution is -0.117. The number of nitrogens with one attached hydrogen (secondary N) is 2. The fraction of sp³-hybridized carbons (Fsp3) is 0.394. The monoisotopic (exact) mass is 621 g/mol. The van der Waals surface area contributed by atoms with Crippen LogP contribution in [0.25, 0.3) is 0 Å². The van der Waals surface area contributed by atoms with Gasteiger partial charge in [0.15, 0.2) is 0 Å². The number of hydrogen-bond acceptors (Lipinski definition) is 4. The highest BCUT2D eigenvalue weighted by atomic mass is 35.5. The fourth-order valence-electron chi connectivity index (χ4n) is 3.57. The molecule has 1 aliphatic rings. The maximum atomic E-state index is 14.1. The summed E-state index contributed by atoms with van der Waals surface area (Å²) in [6.07, 6.45) is 0.526. The molecular weight excluding hydrogens is 579 g/mol. The van der Waals surface area contributed by atoms with Crippen LogP contribution in [0.15, 0.2) is 60.7 Å². The van der Waals surface area contributed by atoms with Gasteiger partial charge in [0, 0.05) is 24.1 Å². The standard InChI is InChI=1S/C19H20ClFN2O2.C6H4ClF.C5H12.C2H6.CHN/c1-11-3-6-16(18(7-11)25-2)23-19(24)17-8-12(10-22-17)14-5-4-13(20)9-15(14)21;7-5-3-1-2-4-6(5)8;1-5(2,3)4;2*1-2/h3-7,9,12,17,22H,8,10H2,1-2H3,(H,23,24);1-4H;1-4H3;1-2H3;1H/t12-,17-;;;;/m0..../s1. The van der Waals surface area contributed by atoms with Gasteiger partial charge in [-0.15, -0.1) is 0 Å². The summed E-state index contributed by atoms with van der Waals surface area (Å²) >= 11 is 11.1. The first kappa shape index (κ1) is 38.8. The summed E-state index contributed by atoms with van der Waals surface area (Å²) < 4.78 is 31.6. The first-order valence-electron chi connectivity index (χ1n) is 13.6. The molecule has 42 heavy (non-hydrogen) atoms. The summed E-state index contributed by atoms with van der Waals surface area (Å²) in [5.41, 5.74) is 2.76. The van der Waals surface area contributed by atoms with Gasteiger partial charge in [-0.3, -0.25) is 4.79 Å². The van der Waals surface area contributed by atoms with Crippen LogP contribution in [0, 0.1) is 35.8 Å². The molecule has 1 heterocycles. The van der Waals surface area contributed by atoms with Gasteiger partial charge in [0.25, 0.3) is 0 Å². The van der Waals surface area contributed by atoms with Gasteiger partial charge in [0.2, 0.25) is 5.91 Å². The Morgan fingerprint density at radius 2 is 1.60 bits per heavy atom. The largest absolute Gasteiger partial charge is 0.495 e. The molecule has 0 spiro atoms. The molecule has 9 heteroatoms. The van der Waals surface area contributed by atoms with Gasteiger partial charge in [0.1, 0.15) is 17.4 Å². The van der Waals surface area contributed by atoms with Gasteiger partial charge >= 0.3 is 0 Å². The van der Waals surface area contributed by atoms with Gasteiger partial charge in [-0.1, -0.05) is 89.0 Å². The number of halogens is 4. The summed E-state index contributed by atoms with van der Waals surface area (Å²) in [5.74, 6) is -0.298. The number of aryl methyl sites for hydroxylation is 1. The minimum Gasteiger partial charge on any atom is -0.495 e. The summed E-state index contributed by atoms with van der Waals surface area (Å²) in [7, 11) is 1.57. The lowest BCUT2D eigenvalue weighted by Gasteiger charge is -2.15. The van der Waals surface area contributed by atoms with Gasteiger partial charge in [0.05, 0.1) is 23.9 Å². The van der Waals surface area contributed by atoms with Crippen molar-refractivity contribution in [2.45, 2.75) is 66.8 Å². The lowest BCUT2D eigenvalue weighted by Crippen LogP contribution is -2.35. The number of nitriles is 1. The van der Waals surface area contributed by atoms with Crippen molar-refractivity contribution in [1.82, 2.24) is 5.32 Å². The summed E-state index contributed by atoms with van der Waals surface area (Å²) in [5, 5.41) is 13.1. The highest BCUT2D eigenvalue weighted by Gasteiger charge is 2.32. The molecule has 0 saturated carbocycles. The number of hydrogen-bond donors (Lipinski definition) is 2. The maximum Gasteiger partial charge on any atom is 0.241 e. The molecule has 1 saturated heterocycles.